The minimum atomic E-state index is -0.463. The Hall–Kier alpha value is -1.16. The van der Waals surface area contributed by atoms with Crippen molar-refractivity contribution < 1.29 is 8.78 Å². The van der Waals surface area contributed by atoms with Gasteiger partial charge < -0.3 is 10.6 Å². The van der Waals surface area contributed by atoms with Crippen LogP contribution in [0.15, 0.2) is 12.1 Å². The van der Waals surface area contributed by atoms with Crippen LogP contribution in [0.5, 0.6) is 0 Å². The lowest BCUT2D eigenvalue weighted by Crippen LogP contribution is -2.22. The van der Waals surface area contributed by atoms with Gasteiger partial charge in [0.05, 0.1) is 0 Å². The summed E-state index contributed by atoms with van der Waals surface area (Å²) in [4.78, 5) is 1.82. The Balaban J connectivity index is 2.23. The smallest absolute Gasteiger partial charge is 0.149 e. The van der Waals surface area contributed by atoms with E-state index in [4.69, 9.17) is 5.73 Å². The van der Waals surface area contributed by atoms with E-state index in [-0.39, 0.29) is 5.69 Å². The van der Waals surface area contributed by atoms with Gasteiger partial charge in [0.1, 0.15) is 17.3 Å². The maximum absolute atomic E-state index is 14.0. The Morgan fingerprint density at radius 2 is 2.00 bits per heavy atom. The van der Waals surface area contributed by atoms with Crippen molar-refractivity contribution in [3.8, 4) is 0 Å². The standard InChI is InChI=1S/C14H20F2N2/c1-2-10-4-6-18(9-10)14-12(15)7-11(3-5-17)8-13(14)16/h7-8,10H,2-6,9,17H2,1H3. The Morgan fingerprint density at radius 3 is 2.50 bits per heavy atom. The Labute approximate surface area is 107 Å². The summed E-state index contributed by atoms with van der Waals surface area (Å²) in [6.45, 7) is 4.01. The van der Waals surface area contributed by atoms with Crippen LogP contribution >= 0.6 is 0 Å². The van der Waals surface area contributed by atoms with Crippen molar-refractivity contribution in [2.24, 2.45) is 11.7 Å². The summed E-state index contributed by atoms with van der Waals surface area (Å²) in [7, 11) is 0. The van der Waals surface area contributed by atoms with Crippen LogP contribution in [-0.2, 0) is 6.42 Å². The van der Waals surface area contributed by atoms with E-state index in [0.29, 0.717) is 24.4 Å². The van der Waals surface area contributed by atoms with E-state index in [1.165, 1.54) is 12.1 Å². The monoisotopic (exact) mass is 254 g/mol. The van der Waals surface area contributed by atoms with Crippen molar-refractivity contribution in [1.82, 2.24) is 0 Å². The molecule has 0 amide bonds. The van der Waals surface area contributed by atoms with E-state index < -0.39 is 11.6 Å². The fourth-order valence-corrected chi connectivity index (χ4v) is 2.60. The van der Waals surface area contributed by atoms with Gasteiger partial charge in [0.15, 0.2) is 0 Å². The predicted octanol–water partition coefficient (Wildman–Crippen LogP) is 2.70. The Bertz CT molecular complexity index is 397. The molecule has 1 aromatic carbocycles. The fraction of sp³-hybridized carbons (Fsp3) is 0.571. The van der Waals surface area contributed by atoms with Crippen molar-refractivity contribution in [3.63, 3.8) is 0 Å². The molecule has 2 N–H and O–H groups in total. The zero-order chi connectivity index (χ0) is 13.1. The third kappa shape index (κ3) is 2.64. The van der Waals surface area contributed by atoms with E-state index >= 15 is 0 Å². The minimum absolute atomic E-state index is 0.131. The molecule has 0 aromatic heterocycles. The van der Waals surface area contributed by atoms with Gasteiger partial charge in [-0.1, -0.05) is 13.3 Å². The van der Waals surface area contributed by atoms with Crippen molar-refractivity contribution in [2.45, 2.75) is 26.2 Å². The van der Waals surface area contributed by atoms with Crippen LogP contribution in [-0.4, -0.2) is 19.6 Å². The first-order valence-electron chi connectivity index (χ1n) is 6.58. The molecule has 1 aliphatic heterocycles. The molecule has 4 heteroatoms. The molecular weight excluding hydrogens is 234 g/mol. The molecule has 2 rings (SSSR count). The highest BCUT2D eigenvalue weighted by atomic mass is 19.1. The van der Waals surface area contributed by atoms with Crippen molar-refractivity contribution in [2.75, 3.05) is 24.5 Å². The molecule has 1 aromatic rings. The summed E-state index contributed by atoms with van der Waals surface area (Å²) < 4.78 is 28.0. The first kappa shape index (κ1) is 13.3. The molecule has 0 radical (unpaired) electrons. The van der Waals surface area contributed by atoms with Gasteiger partial charge in [0.25, 0.3) is 0 Å². The average Bonchev–Trinajstić information content (AvgIpc) is 2.77. The fourth-order valence-electron chi connectivity index (χ4n) is 2.60. The van der Waals surface area contributed by atoms with Gasteiger partial charge in [0.2, 0.25) is 0 Å². The zero-order valence-corrected chi connectivity index (χ0v) is 10.8. The quantitative estimate of drug-likeness (QED) is 0.895. The maximum Gasteiger partial charge on any atom is 0.149 e. The molecule has 2 nitrogen and oxygen atoms in total. The maximum atomic E-state index is 14.0. The second kappa shape index (κ2) is 5.65. The molecule has 18 heavy (non-hydrogen) atoms. The third-order valence-corrected chi connectivity index (χ3v) is 3.69. The average molecular weight is 254 g/mol. The highest BCUT2D eigenvalue weighted by Gasteiger charge is 2.26. The first-order valence-corrected chi connectivity index (χ1v) is 6.58. The number of rotatable bonds is 4. The van der Waals surface area contributed by atoms with Crippen LogP contribution in [0.2, 0.25) is 0 Å². The first-order chi connectivity index (χ1) is 8.65. The molecule has 100 valence electrons. The molecule has 1 heterocycles. The molecule has 1 atom stereocenters. The number of hydrogen-bond acceptors (Lipinski definition) is 2. The van der Waals surface area contributed by atoms with Crippen LogP contribution in [0, 0.1) is 17.6 Å². The minimum Gasteiger partial charge on any atom is -0.367 e. The van der Waals surface area contributed by atoms with Gasteiger partial charge in [-0.15, -0.1) is 0 Å². The molecular formula is C14H20F2N2. The van der Waals surface area contributed by atoms with Gasteiger partial charge in [-0.2, -0.15) is 0 Å². The van der Waals surface area contributed by atoms with E-state index in [2.05, 4.69) is 6.92 Å². The SMILES string of the molecule is CCC1CCN(c2c(F)cc(CCN)cc2F)C1. The number of nitrogens with two attached hydrogens (primary N) is 1. The summed E-state index contributed by atoms with van der Waals surface area (Å²) >= 11 is 0. The number of nitrogens with zero attached hydrogens (tertiary/aromatic N) is 1. The normalized spacial score (nSPS) is 19.6. The van der Waals surface area contributed by atoms with Gasteiger partial charge in [-0.3, -0.25) is 0 Å². The van der Waals surface area contributed by atoms with Crippen LogP contribution in [0.3, 0.4) is 0 Å². The van der Waals surface area contributed by atoms with Gasteiger partial charge in [-0.05, 0) is 43.0 Å². The molecule has 0 aliphatic carbocycles. The van der Waals surface area contributed by atoms with E-state index in [0.717, 1.165) is 25.9 Å². The number of benzene rings is 1. The third-order valence-electron chi connectivity index (χ3n) is 3.69. The molecule has 1 unspecified atom stereocenters. The van der Waals surface area contributed by atoms with Crippen LogP contribution in [0.1, 0.15) is 25.3 Å². The molecule has 1 aliphatic rings. The van der Waals surface area contributed by atoms with Crippen LogP contribution in [0.25, 0.3) is 0 Å². The Morgan fingerprint density at radius 1 is 1.33 bits per heavy atom. The topological polar surface area (TPSA) is 29.3 Å². The highest BCUT2D eigenvalue weighted by molar-refractivity contribution is 5.51. The predicted molar refractivity (Wildman–Crippen MR) is 69.7 cm³/mol. The summed E-state index contributed by atoms with van der Waals surface area (Å²) in [5, 5.41) is 0. The molecule has 0 bridgehead atoms. The second-order valence-corrected chi connectivity index (χ2v) is 4.96. The summed E-state index contributed by atoms with van der Waals surface area (Å²) in [6, 6.07) is 2.81. The molecule has 1 saturated heterocycles. The molecule has 1 fully saturated rings. The van der Waals surface area contributed by atoms with Crippen molar-refractivity contribution >= 4 is 5.69 Å². The van der Waals surface area contributed by atoms with Crippen molar-refractivity contribution in [1.29, 1.82) is 0 Å². The molecule has 0 saturated carbocycles. The number of anilines is 1. The van der Waals surface area contributed by atoms with E-state index in [1.54, 1.807) is 0 Å². The zero-order valence-electron chi connectivity index (χ0n) is 10.8. The largest absolute Gasteiger partial charge is 0.367 e. The lowest BCUT2D eigenvalue weighted by atomic mass is 10.1. The number of hydrogen-bond donors (Lipinski definition) is 1. The Kier molecular flexibility index (Phi) is 4.17. The lowest BCUT2D eigenvalue weighted by molar-refractivity contribution is 0.557. The molecule has 0 spiro atoms. The number of halogens is 2. The van der Waals surface area contributed by atoms with Crippen LogP contribution in [0.4, 0.5) is 14.5 Å². The second-order valence-electron chi connectivity index (χ2n) is 4.96. The van der Waals surface area contributed by atoms with Gasteiger partial charge in [0, 0.05) is 13.1 Å². The summed E-state index contributed by atoms with van der Waals surface area (Å²) in [5.41, 5.74) is 6.16. The van der Waals surface area contributed by atoms with Gasteiger partial charge in [-0.25, -0.2) is 8.78 Å². The summed E-state index contributed by atoms with van der Waals surface area (Å²) in [5.74, 6) is -0.377. The lowest BCUT2D eigenvalue weighted by Gasteiger charge is -2.20. The van der Waals surface area contributed by atoms with E-state index in [1.807, 2.05) is 4.90 Å². The highest BCUT2D eigenvalue weighted by Crippen LogP contribution is 2.30. The van der Waals surface area contributed by atoms with Crippen molar-refractivity contribution in [3.05, 3.63) is 29.3 Å². The summed E-state index contributed by atoms with van der Waals surface area (Å²) in [6.07, 6.45) is 2.58. The van der Waals surface area contributed by atoms with Crippen LogP contribution < -0.4 is 10.6 Å². The van der Waals surface area contributed by atoms with E-state index in [9.17, 15) is 8.78 Å². The van der Waals surface area contributed by atoms with Gasteiger partial charge >= 0.3 is 0 Å².